The summed E-state index contributed by atoms with van der Waals surface area (Å²) in [7, 11) is 0. The van der Waals surface area contributed by atoms with Crippen LogP contribution in [0, 0.1) is 0 Å². The van der Waals surface area contributed by atoms with E-state index in [4.69, 9.17) is 0 Å². The summed E-state index contributed by atoms with van der Waals surface area (Å²) in [6, 6.07) is 0. The number of hydrogen-bond donors (Lipinski definition) is 0. The molecule has 0 heterocycles. The van der Waals surface area contributed by atoms with E-state index in [2.05, 4.69) is 20.8 Å². The van der Waals surface area contributed by atoms with E-state index in [-0.39, 0.29) is 0 Å². The molecule has 0 unspecified atom stereocenters. The van der Waals surface area contributed by atoms with Crippen molar-refractivity contribution >= 4 is 22.7 Å². The van der Waals surface area contributed by atoms with Gasteiger partial charge in [-0.15, -0.1) is 0 Å². The fourth-order valence-electron chi connectivity index (χ4n) is 1.91. The number of hydrogen-bond acceptors (Lipinski definition) is 0. The van der Waals surface area contributed by atoms with Gasteiger partial charge in [0, 0.05) is 0 Å². The average molecular weight is 380 g/mol. The van der Waals surface area contributed by atoms with E-state index in [0.29, 0.717) is 0 Å². The predicted octanol–water partition coefficient (Wildman–Crippen LogP) is 4.61. The second kappa shape index (κ2) is 11.0. The zero-order chi connectivity index (χ0) is 9.94. The van der Waals surface area contributed by atoms with Gasteiger partial charge in [-0.1, -0.05) is 0 Å². The van der Waals surface area contributed by atoms with Crippen LogP contribution in [0.3, 0.4) is 0 Å². The van der Waals surface area contributed by atoms with Crippen molar-refractivity contribution in [1.82, 2.24) is 0 Å². The van der Waals surface area contributed by atoms with Gasteiger partial charge in [-0.2, -0.15) is 0 Å². The Bertz CT molecular complexity index is 72.1. The van der Waals surface area contributed by atoms with E-state index >= 15 is 0 Å². The SMILES string of the molecule is CCC[CH2][PbH]([CH2]CCC)[CH2]CCC. The Morgan fingerprint density at radius 2 is 0.923 bits per heavy atom. The van der Waals surface area contributed by atoms with Crippen molar-refractivity contribution in [3.8, 4) is 0 Å². The van der Waals surface area contributed by atoms with E-state index in [9.17, 15) is 0 Å². The van der Waals surface area contributed by atoms with Crippen molar-refractivity contribution in [2.75, 3.05) is 0 Å². The van der Waals surface area contributed by atoms with Gasteiger partial charge in [0.15, 0.2) is 0 Å². The van der Waals surface area contributed by atoms with Gasteiger partial charge in [-0.3, -0.25) is 0 Å². The molecule has 0 aliphatic carbocycles. The van der Waals surface area contributed by atoms with Crippen LogP contribution in [0.5, 0.6) is 0 Å². The molecule has 0 nitrogen and oxygen atoms in total. The second-order valence-electron chi connectivity index (χ2n) is 4.29. The van der Waals surface area contributed by atoms with Crippen LogP contribution in [-0.2, 0) is 0 Å². The summed E-state index contributed by atoms with van der Waals surface area (Å²) in [4.78, 5) is 0. The van der Waals surface area contributed by atoms with E-state index in [1.165, 1.54) is 19.3 Å². The molecular formula is C12H28Pb. The Morgan fingerprint density at radius 1 is 0.615 bits per heavy atom. The Morgan fingerprint density at radius 3 is 1.15 bits per heavy atom. The molecule has 0 atom stereocenters. The number of unbranched alkanes of at least 4 members (excludes halogenated alkanes) is 3. The standard InChI is InChI=1S/3C4H9.Pb.H/c3*1-3-4-2;;/h3*1,3-4H2,2H3;;. The molecule has 13 heavy (non-hydrogen) atoms. The molecule has 0 bridgehead atoms. The molecule has 0 aromatic rings. The topological polar surface area (TPSA) is 0 Å². The first-order valence-corrected chi connectivity index (χ1v) is 15.9. The molecule has 0 amide bonds. The maximum atomic E-state index is 2.34. The molecule has 0 radical (unpaired) electrons. The molecule has 80 valence electrons. The molecule has 0 aliphatic heterocycles. The Hall–Kier alpha value is 0.922. The van der Waals surface area contributed by atoms with E-state index in [1.54, 1.807) is 31.2 Å². The minimum absolute atomic E-state index is 1.08. The van der Waals surface area contributed by atoms with Crippen LogP contribution in [0.2, 0.25) is 11.9 Å². The van der Waals surface area contributed by atoms with Crippen LogP contribution in [0.15, 0.2) is 0 Å². The van der Waals surface area contributed by atoms with Crippen LogP contribution in [0.4, 0.5) is 0 Å². The monoisotopic (exact) mass is 380 g/mol. The van der Waals surface area contributed by atoms with Crippen LogP contribution in [0.1, 0.15) is 59.3 Å². The molecule has 0 spiro atoms. The van der Waals surface area contributed by atoms with Crippen molar-refractivity contribution in [2.24, 2.45) is 0 Å². The van der Waals surface area contributed by atoms with Crippen molar-refractivity contribution in [1.29, 1.82) is 0 Å². The van der Waals surface area contributed by atoms with E-state index in [1.807, 2.05) is 0 Å². The van der Waals surface area contributed by atoms with Crippen LogP contribution < -0.4 is 0 Å². The Labute approximate surface area is 93.6 Å². The van der Waals surface area contributed by atoms with Crippen LogP contribution in [0.25, 0.3) is 0 Å². The second-order valence-corrected chi connectivity index (χ2v) is 17.8. The average Bonchev–Trinajstić information content (AvgIpc) is 2.17. The summed E-state index contributed by atoms with van der Waals surface area (Å²) < 4.78 is 5.11. The first-order chi connectivity index (χ1) is 6.35. The fourth-order valence-corrected chi connectivity index (χ4v) is 16.8. The molecule has 0 aromatic heterocycles. The van der Waals surface area contributed by atoms with Gasteiger partial charge in [0.25, 0.3) is 0 Å². The number of rotatable bonds is 9. The van der Waals surface area contributed by atoms with Gasteiger partial charge in [0.2, 0.25) is 0 Å². The first-order valence-electron chi connectivity index (χ1n) is 6.35. The van der Waals surface area contributed by atoms with Gasteiger partial charge in [0.05, 0.1) is 0 Å². The molecule has 0 saturated carbocycles. The summed E-state index contributed by atoms with van der Waals surface area (Å²) in [5.41, 5.74) is 0. The maximum absolute atomic E-state index is 2.34. The van der Waals surface area contributed by atoms with Gasteiger partial charge in [0.1, 0.15) is 0 Å². The van der Waals surface area contributed by atoms with Crippen LogP contribution >= 0.6 is 0 Å². The molecule has 0 aliphatic rings. The van der Waals surface area contributed by atoms with Crippen LogP contribution in [-0.4, -0.2) is 22.7 Å². The molecular weight excluding hydrogens is 351 g/mol. The third-order valence-electron chi connectivity index (χ3n) is 2.90. The zero-order valence-corrected chi connectivity index (χ0v) is 14.4. The quantitative estimate of drug-likeness (QED) is 0.513. The van der Waals surface area contributed by atoms with Crippen molar-refractivity contribution in [3.63, 3.8) is 0 Å². The predicted molar refractivity (Wildman–Crippen MR) is 66.3 cm³/mol. The summed E-state index contributed by atoms with van der Waals surface area (Å²) in [6.45, 7) is 7.01. The third-order valence-corrected chi connectivity index (χ3v) is 17.2. The van der Waals surface area contributed by atoms with Crippen molar-refractivity contribution < 1.29 is 0 Å². The normalized spacial score (nSPS) is 11.1. The molecule has 0 saturated heterocycles. The summed E-state index contributed by atoms with van der Waals surface area (Å²) in [5, 5.41) is 0. The third kappa shape index (κ3) is 9.23. The summed E-state index contributed by atoms with van der Waals surface area (Å²) in [6.07, 6.45) is 8.90. The fraction of sp³-hybridized carbons (Fsp3) is 1.00. The molecule has 0 N–H and O–H groups in total. The van der Waals surface area contributed by atoms with Crippen molar-refractivity contribution in [3.05, 3.63) is 0 Å². The molecule has 0 fully saturated rings. The van der Waals surface area contributed by atoms with Gasteiger partial charge >= 0.3 is 93.9 Å². The molecule has 0 rings (SSSR count). The first kappa shape index (κ1) is 13.9. The summed E-state index contributed by atoms with van der Waals surface area (Å²) in [5.74, 6) is 0. The summed E-state index contributed by atoms with van der Waals surface area (Å²) >= 11 is -1.08. The van der Waals surface area contributed by atoms with Crippen molar-refractivity contribution in [2.45, 2.75) is 71.2 Å². The minimum atomic E-state index is -1.08. The Kier molecular flexibility index (Phi) is 11.8. The van der Waals surface area contributed by atoms with E-state index in [0.717, 1.165) is 0 Å². The molecule has 1 heteroatoms. The Balaban J connectivity index is 3.47. The zero-order valence-electron chi connectivity index (χ0n) is 9.94. The van der Waals surface area contributed by atoms with Gasteiger partial charge < -0.3 is 0 Å². The van der Waals surface area contributed by atoms with E-state index < -0.39 is 22.7 Å². The van der Waals surface area contributed by atoms with Gasteiger partial charge in [-0.05, 0) is 0 Å². The van der Waals surface area contributed by atoms with Gasteiger partial charge in [-0.25, -0.2) is 0 Å². The molecule has 0 aromatic carbocycles.